The van der Waals surface area contributed by atoms with Crippen molar-refractivity contribution in [2.24, 2.45) is 0 Å². The van der Waals surface area contributed by atoms with Crippen molar-refractivity contribution in [2.75, 3.05) is 0 Å². The van der Waals surface area contributed by atoms with E-state index in [9.17, 15) is 0 Å². The van der Waals surface area contributed by atoms with Crippen LogP contribution in [-0.4, -0.2) is 6.71 Å². The van der Waals surface area contributed by atoms with Crippen LogP contribution in [0.5, 0.6) is 17.2 Å². The second-order valence-electron chi connectivity index (χ2n) is 8.74. The number of hydrogen-bond donors (Lipinski definition) is 0. The van der Waals surface area contributed by atoms with E-state index < -0.39 is 0 Å². The lowest BCUT2D eigenvalue weighted by atomic mass is 9.34. The third kappa shape index (κ3) is 3.21. The quantitative estimate of drug-likeness (QED) is 0.336. The van der Waals surface area contributed by atoms with E-state index in [0.717, 1.165) is 50.3 Å². The molecule has 162 valence electrons. The van der Waals surface area contributed by atoms with Gasteiger partial charge in [0.05, 0.1) is 0 Å². The second kappa shape index (κ2) is 7.96. The average Bonchev–Trinajstić information content (AvgIpc) is 2.86. The van der Waals surface area contributed by atoms with E-state index in [1.807, 2.05) is 24.3 Å². The summed E-state index contributed by atoms with van der Waals surface area (Å²) in [6.07, 6.45) is 3.79. The van der Waals surface area contributed by atoms with Gasteiger partial charge in [-0.05, 0) is 63.9 Å². The van der Waals surface area contributed by atoms with E-state index in [2.05, 4.69) is 86.8 Å². The van der Waals surface area contributed by atoms with E-state index in [1.54, 1.807) is 6.08 Å². The van der Waals surface area contributed by atoms with E-state index >= 15 is 0 Å². The lowest BCUT2D eigenvalue weighted by molar-refractivity contribution is 0.433. The fourth-order valence-corrected chi connectivity index (χ4v) is 5.04. The summed E-state index contributed by atoms with van der Waals surface area (Å²) >= 11 is 0. The van der Waals surface area contributed by atoms with Crippen LogP contribution in [0.25, 0.3) is 22.3 Å². The minimum Gasteiger partial charge on any atom is -0.459 e. The normalized spacial score (nSPS) is 14.7. The van der Waals surface area contributed by atoms with Gasteiger partial charge in [-0.3, -0.25) is 0 Å². The summed E-state index contributed by atoms with van der Waals surface area (Å²) in [7, 11) is 0. The van der Waals surface area contributed by atoms with Gasteiger partial charge in [0.15, 0.2) is 0 Å². The summed E-state index contributed by atoms with van der Waals surface area (Å²) in [5.74, 6) is 3.11. The summed E-state index contributed by atoms with van der Waals surface area (Å²) in [4.78, 5) is 0. The van der Waals surface area contributed by atoms with Gasteiger partial charge < -0.3 is 9.47 Å². The first-order valence-electron chi connectivity index (χ1n) is 11.4. The molecule has 34 heavy (non-hydrogen) atoms. The summed E-state index contributed by atoms with van der Waals surface area (Å²) < 4.78 is 12.8. The predicted octanol–water partition coefficient (Wildman–Crippen LogP) is 6.60. The largest absolute Gasteiger partial charge is 0.459 e. The molecule has 0 spiro atoms. The van der Waals surface area contributed by atoms with Crippen LogP contribution in [-0.2, 0) is 0 Å². The second-order valence-corrected chi connectivity index (χ2v) is 8.74. The van der Waals surface area contributed by atoms with Gasteiger partial charge in [-0.15, -0.1) is 0 Å². The maximum atomic E-state index is 6.59. The predicted molar refractivity (Wildman–Crippen MR) is 142 cm³/mol. The highest BCUT2D eigenvalue weighted by Gasteiger charge is 2.41. The minimum atomic E-state index is -0.0243. The van der Waals surface area contributed by atoms with Gasteiger partial charge in [0.1, 0.15) is 23.0 Å². The van der Waals surface area contributed by atoms with Crippen molar-refractivity contribution in [3.05, 3.63) is 127 Å². The van der Waals surface area contributed by atoms with Crippen LogP contribution >= 0.6 is 0 Å². The number of hydrogen-bond acceptors (Lipinski definition) is 2. The number of rotatable bonds is 3. The summed E-state index contributed by atoms with van der Waals surface area (Å²) in [5, 5.41) is 0. The SMILES string of the molecule is C=C/C=C1/B2c3ccc(-c4ccccc4C)cc3Oc3cc(-c4ccccc4)cc(c32)OC1=C. The molecular formula is C31H23BO2. The molecule has 0 unspecified atom stereocenters. The first kappa shape index (κ1) is 20.4. The number of fused-ring (bicyclic) bond motifs is 2. The zero-order chi connectivity index (χ0) is 23.2. The molecule has 0 N–H and O–H groups in total. The summed E-state index contributed by atoms with van der Waals surface area (Å²) in [6.45, 7) is 10.3. The Bertz CT molecular complexity index is 1500. The van der Waals surface area contributed by atoms with Gasteiger partial charge in [0.25, 0.3) is 6.71 Å². The summed E-state index contributed by atoms with van der Waals surface area (Å²) in [6, 6.07) is 29.4. The average molecular weight is 438 g/mol. The Kier molecular flexibility index (Phi) is 4.77. The smallest absolute Gasteiger partial charge is 0.260 e. The Labute approximate surface area is 200 Å². The maximum absolute atomic E-state index is 6.59. The molecule has 0 aromatic heterocycles. The Morgan fingerprint density at radius 3 is 2.21 bits per heavy atom. The molecule has 2 aliphatic rings. The fraction of sp³-hybridized carbons (Fsp3) is 0.0323. The highest BCUT2D eigenvalue weighted by Crippen LogP contribution is 2.40. The maximum Gasteiger partial charge on any atom is 0.260 e. The van der Waals surface area contributed by atoms with Gasteiger partial charge in [-0.1, -0.05) is 92.0 Å². The zero-order valence-corrected chi connectivity index (χ0v) is 19.0. The van der Waals surface area contributed by atoms with E-state index in [0.29, 0.717) is 5.76 Å². The molecule has 3 heteroatoms. The molecule has 2 aliphatic heterocycles. The lowest BCUT2D eigenvalue weighted by Gasteiger charge is -2.34. The Morgan fingerprint density at radius 1 is 0.735 bits per heavy atom. The van der Waals surface area contributed by atoms with Crippen LogP contribution in [0, 0.1) is 6.92 Å². The van der Waals surface area contributed by atoms with Crippen LogP contribution in [0.2, 0.25) is 0 Å². The molecule has 0 saturated heterocycles. The fourth-order valence-electron chi connectivity index (χ4n) is 5.04. The van der Waals surface area contributed by atoms with Gasteiger partial charge >= 0.3 is 0 Å². The third-order valence-electron chi connectivity index (χ3n) is 6.66. The van der Waals surface area contributed by atoms with Crippen LogP contribution < -0.4 is 20.4 Å². The monoisotopic (exact) mass is 438 g/mol. The molecule has 0 amide bonds. The van der Waals surface area contributed by atoms with Crippen LogP contribution in [0.15, 0.2) is 121 Å². The molecular weight excluding hydrogens is 415 g/mol. The molecule has 4 aromatic rings. The zero-order valence-electron chi connectivity index (χ0n) is 19.0. The van der Waals surface area contributed by atoms with Crippen LogP contribution in [0.3, 0.4) is 0 Å². The molecule has 6 rings (SSSR count). The molecule has 0 atom stereocenters. The molecule has 2 heterocycles. The van der Waals surface area contributed by atoms with E-state index in [-0.39, 0.29) is 6.71 Å². The van der Waals surface area contributed by atoms with Gasteiger partial charge in [-0.25, -0.2) is 0 Å². The van der Waals surface area contributed by atoms with Crippen LogP contribution in [0.4, 0.5) is 0 Å². The Hall–Kier alpha value is -4.24. The van der Waals surface area contributed by atoms with Gasteiger partial charge in [0, 0.05) is 5.46 Å². The topological polar surface area (TPSA) is 18.5 Å². The highest BCUT2D eigenvalue weighted by molar-refractivity contribution is 6.94. The number of allylic oxidation sites excluding steroid dienone is 3. The Balaban J connectivity index is 1.57. The first-order valence-corrected chi connectivity index (χ1v) is 11.4. The van der Waals surface area contributed by atoms with Crippen molar-refractivity contribution in [1.29, 1.82) is 0 Å². The molecule has 0 saturated carbocycles. The molecule has 0 bridgehead atoms. The molecule has 2 nitrogen and oxygen atoms in total. The van der Waals surface area contributed by atoms with Crippen LogP contribution in [0.1, 0.15) is 5.56 Å². The molecule has 0 aliphatic carbocycles. The molecule has 0 radical (unpaired) electrons. The van der Waals surface area contributed by atoms with Gasteiger partial charge in [-0.2, -0.15) is 0 Å². The van der Waals surface area contributed by atoms with Crippen molar-refractivity contribution < 1.29 is 9.47 Å². The number of benzene rings is 4. The standard InChI is InChI=1S/C31H23BO2/c1-4-10-26-21(3)33-29-18-24(22-12-6-5-7-13-22)19-30-31(29)32(26)27-16-15-23(17-28(27)34-30)25-14-9-8-11-20(25)2/h4-19H,1,3H2,2H3/b26-10+. The molecule has 0 fully saturated rings. The number of ether oxygens (including phenoxy) is 2. The van der Waals surface area contributed by atoms with Crippen molar-refractivity contribution in [2.45, 2.75) is 6.92 Å². The third-order valence-corrected chi connectivity index (χ3v) is 6.66. The van der Waals surface area contributed by atoms with Crippen molar-refractivity contribution in [1.82, 2.24) is 0 Å². The lowest BCUT2D eigenvalue weighted by Crippen LogP contribution is -2.51. The van der Waals surface area contributed by atoms with E-state index in [1.165, 1.54) is 11.1 Å². The minimum absolute atomic E-state index is 0.0243. The van der Waals surface area contributed by atoms with Crippen molar-refractivity contribution >= 4 is 17.6 Å². The Morgan fingerprint density at radius 2 is 1.44 bits per heavy atom. The van der Waals surface area contributed by atoms with Gasteiger partial charge in [0.2, 0.25) is 0 Å². The number of aryl methyl sites for hydroxylation is 1. The molecule has 4 aromatic carbocycles. The van der Waals surface area contributed by atoms with Crippen molar-refractivity contribution in [3.63, 3.8) is 0 Å². The van der Waals surface area contributed by atoms with E-state index in [4.69, 9.17) is 9.47 Å². The van der Waals surface area contributed by atoms with Crippen molar-refractivity contribution in [3.8, 4) is 39.5 Å². The summed E-state index contributed by atoms with van der Waals surface area (Å²) in [5.41, 5.74) is 8.89. The highest BCUT2D eigenvalue weighted by atomic mass is 16.5. The first-order chi connectivity index (χ1) is 16.6.